The van der Waals surface area contributed by atoms with Gasteiger partial charge in [-0.3, -0.25) is 4.57 Å². The first-order chi connectivity index (χ1) is 10.0. The van der Waals surface area contributed by atoms with E-state index in [-0.39, 0.29) is 12.4 Å². The number of aryl methyl sites for hydroxylation is 1. The van der Waals surface area contributed by atoms with Crippen LogP contribution in [0.3, 0.4) is 0 Å². The monoisotopic (exact) mass is 315 g/mol. The Morgan fingerprint density at radius 1 is 1.71 bits per heavy atom. The normalized spacial score (nSPS) is 35.1. The predicted molar refractivity (Wildman–Crippen MR) is 75.8 cm³/mol. The van der Waals surface area contributed by atoms with Crippen LogP contribution in [0.15, 0.2) is 11.0 Å². The molecule has 3 rings (SSSR count). The molecule has 0 aliphatic carbocycles. The highest BCUT2D eigenvalue weighted by Crippen LogP contribution is 2.45. The summed E-state index contributed by atoms with van der Waals surface area (Å²) in [7, 11) is 0. The van der Waals surface area contributed by atoms with Gasteiger partial charge in [0.05, 0.1) is 13.2 Å². The van der Waals surface area contributed by atoms with E-state index in [1.807, 2.05) is 0 Å². The maximum Gasteiger partial charge on any atom is 0.351 e. The van der Waals surface area contributed by atoms with Crippen LogP contribution in [-0.4, -0.2) is 45.7 Å². The number of rotatable bonds is 3. The zero-order valence-electron chi connectivity index (χ0n) is 11.4. The number of nitrogens with two attached hydrogens (primary N) is 1. The highest BCUT2D eigenvalue weighted by atomic mass is 32.1. The molecule has 8 nitrogen and oxygen atoms in total. The average molecular weight is 315 g/mol. The fourth-order valence-electron chi connectivity index (χ4n) is 2.90. The van der Waals surface area contributed by atoms with E-state index in [2.05, 4.69) is 17.9 Å². The van der Waals surface area contributed by atoms with E-state index in [9.17, 15) is 9.90 Å². The quantitative estimate of drug-likeness (QED) is 0.505. The van der Waals surface area contributed by atoms with Crippen molar-refractivity contribution >= 4 is 18.7 Å². The van der Waals surface area contributed by atoms with Crippen molar-refractivity contribution in [2.75, 3.05) is 18.9 Å². The first-order valence-corrected chi connectivity index (χ1v) is 6.94. The van der Waals surface area contributed by atoms with Gasteiger partial charge in [-0.15, -0.1) is 0 Å². The van der Waals surface area contributed by atoms with Gasteiger partial charge in [0.1, 0.15) is 23.6 Å². The van der Waals surface area contributed by atoms with Gasteiger partial charge in [-0.05, 0) is 19.8 Å². The number of aromatic nitrogens is 2. The minimum atomic E-state index is -0.927. The summed E-state index contributed by atoms with van der Waals surface area (Å²) in [6, 6.07) is 0. The molecule has 3 N–H and O–H groups in total. The van der Waals surface area contributed by atoms with Crippen molar-refractivity contribution in [1.82, 2.24) is 9.55 Å². The van der Waals surface area contributed by atoms with Gasteiger partial charge in [-0.2, -0.15) is 4.98 Å². The Labute approximate surface area is 126 Å². The number of thiol groups is 1. The lowest BCUT2D eigenvalue weighted by molar-refractivity contribution is -0.131. The average Bonchev–Trinajstić information content (AvgIpc) is 2.65. The van der Waals surface area contributed by atoms with Gasteiger partial charge in [-0.25, -0.2) is 4.79 Å². The number of aliphatic hydroxyl groups is 1. The van der Waals surface area contributed by atoms with Crippen molar-refractivity contribution in [3.05, 3.63) is 22.2 Å². The van der Waals surface area contributed by atoms with Gasteiger partial charge in [0.15, 0.2) is 6.23 Å². The third-order valence-electron chi connectivity index (χ3n) is 4.12. The largest absolute Gasteiger partial charge is 0.393 e. The molecule has 0 amide bonds. The molecule has 0 saturated carbocycles. The number of fused-ring (bicyclic) bond motifs is 2. The molecule has 4 atom stereocenters. The number of hydrogen-bond donors (Lipinski definition) is 3. The van der Waals surface area contributed by atoms with Crippen LogP contribution in [0.4, 0.5) is 5.82 Å². The van der Waals surface area contributed by atoms with Crippen LogP contribution < -0.4 is 11.4 Å². The summed E-state index contributed by atoms with van der Waals surface area (Å²) in [4.78, 5) is 15.8. The van der Waals surface area contributed by atoms with Gasteiger partial charge in [-0.1, -0.05) is 0 Å². The van der Waals surface area contributed by atoms with E-state index < -0.39 is 29.7 Å². The van der Waals surface area contributed by atoms with Crippen LogP contribution in [-0.2, 0) is 13.7 Å². The molecule has 1 aromatic heterocycles. The zero-order chi connectivity index (χ0) is 15.2. The van der Waals surface area contributed by atoms with Crippen LogP contribution in [0.25, 0.3) is 0 Å². The van der Waals surface area contributed by atoms with Crippen molar-refractivity contribution in [2.45, 2.75) is 37.4 Å². The number of nitrogens with zero attached hydrogens (tertiary/aromatic N) is 2. The molecule has 2 bridgehead atoms. The Morgan fingerprint density at radius 2 is 2.48 bits per heavy atom. The van der Waals surface area contributed by atoms with Gasteiger partial charge in [0, 0.05) is 18.2 Å². The molecule has 9 heteroatoms. The molecule has 2 fully saturated rings. The standard InChI is InChI=1S/C12H17N3O5S/c1-6-4-15(11(17)14-9(6)13)10-7-8(20-21)12(5-16,19-10)2-3-18-7/h4,7-8,10,16,21H,2-3,5H2,1H3,(H2,13,14,17)/t7-,8?,10+,12+/m0/s1. The summed E-state index contributed by atoms with van der Waals surface area (Å²) in [6.07, 6.45) is 0.161. The first kappa shape index (κ1) is 14.8. The SMILES string of the molecule is Cc1cn([C@@H]2O[C@@]3(CO)CCO[C@H]2C3OS)c(=O)nc1N. The van der Waals surface area contributed by atoms with E-state index >= 15 is 0 Å². The van der Waals surface area contributed by atoms with E-state index in [1.165, 1.54) is 4.57 Å². The summed E-state index contributed by atoms with van der Waals surface area (Å²) >= 11 is 3.85. The minimum absolute atomic E-state index is 0.178. The van der Waals surface area contributed by atoms with Crippen LogP contribution >= 0.6 is 12.9 Å². The van der Waals surface area contributed by atoms with E-state index in [1.54, 1.807) is 13.1 Å². The second kappa shape index (κ2) is 5.25. The van der Waals surface area contributed by atoms with Crippen molar-refractivity contribution in [3.63, 3.8) is 0 Å². The number of hydrogen-bond acceptors (Lipinski definition) is 8. The third-order valence-corrected chi connectivity index (χ3v) is 4.35. The van der Waals surface area contributed by atoms with E-state index in [0.717, 1.165) is 0 Å². The van der Waals surface area contributed by atoms with Crippen molar-refractivity contribution in [3.8, 4) is 0 Å². The second-order valence-corrected chi connectivity index (χ2v) is 5.55. The Hall–Kier alpha value is -1.13. The molecule has 1 unspecified atom stereocenters. The molecule has 3 heterocycles. The lowest BCUT2D eigenvalue weighted by atomic mass is 9.90. The smallest absolute Gasteiger partial charge is 0.351 e. The van der Waals surface area contributed by atoms with Crippen LogP contribution in [0, 0.1) is 6.92 Å². The van der Waals surface area contributed by atoms with Gasteiger partial charge >= 0.3 is 5.69 Å². The summed E-state index contributed by atoms with van der Waals surface area (Å²) in [5.74, 6) is 0.178. The predicted octanol–water partition coefficient (Wildman–Crippen LogP) is -0.587. The fraction of sp³-hybridized carbons (Fsp3) is 0.667. The highest BCUT2D eigenvalue weighted by molar-refractivity contribution is 7.75. The molecule has 1 aromatic rings. The molecule has 0 aromatic carbocycles. The summed E-state index contributed by atoms with van der Waals surface area (Å²) in [5.41, 5.74) is 4.82. The number of nitrogen functional groups attached to an aromatic ring is 1. The fourth-order valence-corrected chi connectivity index (χ4v) is 3.21. The zero-order valence-corrected chi connectivity index (χ0v) is 12.3. The van der Waals surface area contributed by atoms with Crippen molar-refractivity contribution in [1.29, 1.82) is 0 Å². The number of anilines is 1. The molecule has 21 heavy (non-hydrogen) atoms. The summed E-state index contributed by atoms with van der Waals surface area (Å²) < 4.78 is 18.0. The molecule has 0 radical (unpaired) electrons. The lowest BCUT2D eigenvalue weighted by Crippen LogP contribution is -2.51. The van der Waals surface area contributed by atoms with E-state index in [4.69, 9.17) is 19.4 Å². The van der Waals surface area contributed by atoms with Gasteiger partial charge in [0.25, 0.3) is 0 Å². The highest BCUT2D eigenvalue weighted by Gasteiger charge is 2.59. The third kappa shape index (κ3) is 2.16. The molecule has 2 saturated heterocycles. The Balaban J connectivity index is 2.05. The summed E-state index contributed by atoms with van der Waals surface area (Å²) in [6.45, 7) is 1.91. The Morgan fingerprint density at radius 3 is 3.10 bits per heavy atom. The molecule has 116 valence electrons. The first-order valence-electron chi connectivity index (χ1n) is 6.58. The van der Waals surface area contributed by atoms with E-state index in [0.29, 0.717) is 18.6 Å². The van der Waals surface area contributed by atoms with Crippen LogP contribution in [0.5, 0.6) is 0 Å². The van der Waals surface area contributed by atoms with Gasteiger partial charge in [0.2, 0.25) is 0 Å². The summed E-state index contributed by atoms with van der Waals surface area (Å²) in [5, 5.41) is 9.68. The van der Waals surface area contributed by atoms with Crippen molar-refractivity contribution < 1.29 is 18.8 Å². The molecule has 0 spiro atoms. The van der Waals surface area contributed by atoms with Crippen LogP contribution in [0.1, 0.15) is 18.2 Å². The molecule has 2 aliphatic heterocycles. The Kier molecular flexibility index (Phi) is 3.70. The topological polar surface area (TPSA) is 109 Å². The maximum absolute atomic E-state index is 12.1. The molecule has 2 aliphatic rings. The number of aliphatic hydroxyl groups excluding tert-OH is 1. The Bertz CT molecular complexity index is 609. The van der Waals surface area contributed by atoms with Gasteiger partial charge < -0.3 is 24.5 Å². The number of ether oxygens (including phenoxy) is 2. The lowest BCUT2D eigenvalue weighted by Gasteiger charge is -2.35. The van der Waals surface area contributed by atoms with Crippen LogP contribution in [0.2, 0.25) is 0 Å². The second-order valence-electron chi connectivity index (χ2n) is 5.34. The minimum Gasteiger partial charge on any atom is -0.393 e. The molecular weight excluding hydrogens is 298 g/mol. The van der Waals surface area contributed by atoms with Crippen molar-refractivity contribution in [2.24, 2.45) is 0 Å². The molecular formula is C12H17N3O5S. The maximum atomic E-state index is 12.1.